The molecular formula is C25H36N2O6. The Balaban J connectivity index is 1.81. The van der Waals surface area contributed by atoms with E-state index in [-0.39, 0.29) is 6.04 Å². The molecule has 0 amide bonds. The van der Waals surface area contributed by atoms with Gasteiger partial charge in [-0.3, -0.25) is 9.69 Å². The van der Waals surface area contributed by atoms with Crippen LogP contribution >= 0.6 is 0 Å². The van der Waals surface area contributed by atoms with Crippen molar-refractivity contribution in [2.75, 3.05) is 32.1 Å². The van der Waals surface area contributed by atoms with E-state index >= 15 is 0 Å². The quantitative estimate of drug-likeness (QED) is 0.509. The highest BCUT2D eigenvalue weighted by Crippen LogP contribution is 2.68. The molecule has 1 aromatic carbocycles. The lowest BCUT2D eigenvalue weighted by atomic mass is 9.49. The van der Waals surface area contributed by atoms with E-state index in [1.165, 1.54) is 6.92 Å². The molecule has 5 rings (SSSR count). The maximum atomic E-state index is 12.5. The number of esters is 1. The van der Waals surface area contributed by atoms with Gasteiger partial charge in [-0.05, 0) is 57.3 Å². The minimum absolute atomic E-state index is 0.0884. The van der Waals surface area contributed by atoms with Crippen LogP contribution in [0.2, 0.25) is 0 Å². The summed E-state index contributed by atoms with van der Waals surface area (Å²) in [5.74, 6) is -1.77. The zero-order valence-corrected chi connectivity index (χ0v) is 20.2. The van der Waals surface area contributed by atoms with Crippen molar-refractivity contribution < 1.29 is 29.2 Å². The van der Waals surface area contributed by atoms with Gasteiger partial charge in [-0.15, -0.1) is 0 Å². The van der Waals surface area contributed by atoms with Crippen LogP contribution in [0, 0.1) is 5.41 Å². The summed E-state index contributed by atoms with van der Waals surface area (Å²) in [4.78, 5) is 17.0. The van der Waals surface area contributed by atoms with Gasteiger partial charge in [0.05, 0.1) is 7.11 Å². The average molecular weight is 461 g/mol. The van der Waals surface area contributed by atoms with Crippen LogP contribution in [0.15, 0.2) is 18.2 Å². The fourth-order valence-corrected chi connectivity index (χ4v) is 8.11. The van der Waals surface area contributed by atoms with E-state index in [2.05, 4.69) is 17.9 Å². The summed E-state index contributed by atoms with van der Waals surface area (Å²) in [6.07, 6.45) is 1.39. The molecule has 33 heavy (non-hydrogen) atoms. The number of hydrogen-bond acceptors (Lipinski definition) is 8. The molecule has 2 N–H and O–H groups in total. The van der Waals surface area contributed by atoms with Gasteiger partial charge in [-0.1, -0.05) is 13.0 Å². The van der Waals surface area contributed by atoms with Crippen LogP contribution in [-0.4, -0.2) is 78.6 Å². The predicted octanol–water partition coefficient (Wildman–Crippen LogP) is 2.00. The van der Waals surface area contributed by atoms with E-state index < -0.39 is 41.0 Å². The summed E-state index contributed by atoms with van der Waals surface area (Å²) in [6, 6.07) is 5.62. The summed E-state index contributed by atoms with van der Waals surface area (Å²) in [6.45, 7) is 6.88. The Morgan fingerprint density at radius 2 is 2.03 bits per heavy atom. The first-order valence-corrected chi connectivity index (χ1v) is 12.1. The molecule has 8 heteroatoms. The second-order valence-corrected chi connectivity index (χ2v) is 10.3. The van der Waals surface area contributed by atoms with Gasteiger partial charge >= 0.3 is 5.97 Å². The molecule has 0 aromatic heterocycles. The number of fused-ring (bicyclic) bond motifs is 1. The van der Waals surface area contributed by atoms with Crippen LogP contribution in [0.1, 0.15) is 52.0 Å². The minimum atomic E-state index is -1.94. The molecule has 8 nitrogen and oxygen atoms in total. The predicted molar refractivity (Wildman–Crippen MR) is 122 cm³/mol. The first-order chi connectivity index (χ1) is 15.7. The highest BCUT2D eigenvalue weighted by atomic mass is 16.7. The third kappa shape index (κ3) is 2.81. The molecule has 4 aliphatic rings. The molecule has 3 fully saturated rings. The Hall–Kier alpha value is -1.87. The first-order valence-electron chi connectivity index (χ1n) is 12.1. The van der Waals surface area contributed by atoms with Gasteiger partial charge in [0, 0.05) is 42.6 Å². The van der Waals surface area contributed by atoms with Crippen LogP contribution in [-0.2, 0) is 19.7 Å². The summed E-state index contributed by atoms with van der Waals surface area (Å²) < 4.78 is 17.5. The smallest absolute Gasteiger partial charge is 0.305 e. The Kier molecular flexibility index (Phi) is 5.25. The summed E-state index contributed by atoms with van der Waals surface area (Å²) in [5, 5.41) is 22.8. The van der Waals surface area contributed by atoms with E-state index in [4.69, 9.17) is 14.2 Å². The number of piperidine rings is 1. The van der Waals surface area contributed by atoms with E-state index in [0.717, 1.165) is 55.8 Å². The van der Waals surface area contributed by atoms with Crippen molar-refractivity contribution in [2.24, 2.45) is 5.41 Å². The first kappa shape index (κ1) is 22.9. The normalized spacial score (nSPS) is 40.1. The molecule has 1 saturated carbocycles. The number of rotatable bonds is 5. The molecule has 1 aliphatic carbocycles. The Morgan fingerprint density at radius 3 is 2.67 bits per heavy atom. The van der Waals surface area contributed by atoms with E-state index in [1.807, 2.05) is 24.1 Å². The van der Waals surface area contributed by atoms with Crippen LogP contribution < -0.4 is 9.64 Å². The molecule has 3 aliphatic heterocycles. The average Bonchev–Trinajstić information content (AvgIpc) is 3.28. The van der Waals surface area contributed by atoms with Gasteiger partial charge in [-0.2, -0.15) is 0 Å². The zero-order chi connectivity index (χ0) is 23.8. The maximum Gasteiger partial charge on any atom is 0.305 e. The number of hydrogen-bond donors (Lipinski definition) is 2. The van der Waals surface area contributed by atoms with Crippen molar-refractivity contribution in [2.45, 2.75) is 82.1 Å². The molecule has 0 bridgehead atoms. The summed E-state index contributed by atoms with van der Waals surface area (Å²) >= 11 is 0. The number of aliphatic hydroxyl groups excluding tert-OH is 1. The highest BCUT2D eigenvalue weighted by molar-refractivity contribution is 5.71. The topological polar surface area (TPSA) is 91.7 Å². The third-order valence-electron chi connectivity index (χ3n) is 8.85. The lowest BCUT2D eigenvalue weighted by Crippen LogP contribution is -2.80. The molecule has 1 aromatic rings. The van der Waals surface area contributed by atoms with Crippen molar-refractivity contribution in [3.05, 3.63) is 23.8 Å². The van der Waals surface area contributed by atoms with Gasteiger partial charge in [0.25, 0.3) is 5.79 Å². The summed E-state index contributed by atoms with van der Waals surface area (Å²) in [7, 11) is 3.58. The maximum absolute atomic E-state index is 12.5. The van der Waals surface area contributed by atoms with Gasteiger partial charge < -0.3 is 29.3 Å². The lowest BCUT2D eigenvalue weighted by molar-refractivity contribution is -0.347. The number of carbonyl (C=O) groups is 1. The van der Waals surface area contributed by atoms with Crippen LogP contribution in [0.5, 0.6) is 5.75 Å². The Labute approximate surface area is 195 Å². The van der Waals surface area contributed by atoms with Crippen LogP contribution in [0.4, 0.5) is 5.69 Å². The van der Waals surface area contributed by atoms with Gasteiger partial charge in [0.2, 0.25) is 0 Å². The number of methoxy groups -OCH3 is 1. The number of nitrogens with zero attached hydrogens (tertiary/aromatic N) is 2. The molecule has 7 atom stereocenters. The van der Waals surface area contributed by atoms with E-state index in [1.54, 1.807) is 14.0 Å². The highest BCUT2D eigenvalue weighted by Gasteiger charge is 2.79. The number of benzene rings is 1. The van der Waals surface area contributed by atoms with Gasteiger partial charge in [-0.25, -0.2) is 0 Å². The third-order valence-corrected chi connectivity index (χ3v) is 8.85. The van der Waals surface area contributed by atoms with Crippen molar-refractivity contribution in [3.63, 3.8) is 0 Å². The van der Waals surface area contributed by atoms with E-state index in [0.29, 0.717) is 0 Å². The minimum Gasteiger partial charge on any atom is -0.497 e. The number of anilines is 1. The second-order valence-electron chi connectivity index (χ2n) is 10.3. The van der Waals surface area contributed by atoms with Crippen molar-refractivity contribution in [1.29, 1.82) is 0 Å². The van der Waals surface area contributed by atoms with Gasteiger partial charge in [0.15, 0.2) is 6.29 Å². The Morgan fingerprint density at radius 1 is 1.27 bits per heavy atom. The Bertz CT molecular complexity index is 955. The van der Waals surface area contributed by atoms with Crippen LogP contribution in [0.3, 0.4) is 0 Å². The monoisotopic (exact) mass is 460 g/mol. The van der Waals surface area contributed by atoms with Crippen molar-refractivity contribution in [1.82, 2.24) is 4.90 Å². The number of aliphatic hydroxyl groups is 2. The molecule has 2 saturated heterocycles. The SMILES string of the molecule is CCC12CCCN3CCC4(c5ccc(OC)cc5N(C)C4C(O)(OC(C)=O)C1OC(C)O)C32. The zero-order valence-electron chi connectivity index (χ0n) is 20.2. The molecule has 3 heterocycles. The fraction of sp³-hybridized carbons (Fsp3) is 0.720. The number of likely N-dealkylation sites (N-methyl/N-ethyl adjacent to an activating group) is 1. The lowest BCUT2D eigenvalue weighted by Gasteiger charge is -2.65. The largest absolute Gasteiger partial charge is 0.497 e. The number of ether oxygens (including phenoxy) is 3. The van der Waals surface area contributed by atoms with E-state index in [9.17, 15) is 15.0 Å². The molecule has 182 valence electrons. The van der Waals surface area contributed by atoms with Crippen molar-refractivity contribution in [3.8, 4) is 5.75 Å². The molecule has 7 unspecified atom stereocenters. The van der Waals surface area contributed by atoms with Crippen molar-refractivity contribution >= 4 is 11.7 Å². The van der Waals surface area contributed by atoms with Gasteiger partial charge in [0.1, 0.15) is 17.9 Å². The summed E-state index contributed by atoms with van der Waals surface area (Å²) in [5.41, 5.74) is 1.19. The standard InChI is InChI=1S/C25H36N2O6/c1-6-23-10-7-12-27-13-11-24(20(23)27)18-9-8-17(31-5)14-19(18)26(4)21(24)25(30,33-16(3)29)22(23)32-15(2)28/h8-9,14-15,20-22,28,30H,6-7,10-13H2,1-5H3. The molecule has 0 radical (unpaired) electrons. The fourth-order valence-electron chi connectivity index (χ4n) is 8.11. The second kappa shape index (κ2) is 7.57. The molecular weight excluding hydrogens is 424 g/mol. The molecule has 1 spiro atoms. The van der Waals surface area contributed by atoms with Crippen LogP contribution in [0.25, 0.3) is 0 Å². The number of carbonyl (C=O) groups excluding carboxylic acids is 1.